The van der Waals surface area contributed by atoms with Crippen molar-refractivity contribution < 1.29 is 0 Å². The topological polar surface area (TPSA) is 26.0 Å². The number of unbranched alkanes of at least 4 members (excludes halogenated alkanes) is 6. The first-order valence-corrected chi connectivity index (χ1v) is 7.09. The van der Waals surface area contributed by atoms with Crippen LogP contribution >= 0.6 is 12.6 Å². The summed E-state index contributed by atoms with van der Waals surface area (Å²) in [5, 5.41) is 0. The fraction of sp³-hybridized carbons (Fsp3) is 0.714. The molecule has 1 nitrogen and oxygen atoms in total. The van der Waals surface area contributed by atoms with Crippen LogP contribution in [0, 0.1) is 0 Å². The Morgan fingerprint density at radius 3 is 2.12 bits per heavy atom. The smallest absolute Gasteiger partial charge is 0.000744 e. The van der Waals surface area contributed by atoms with Gasteiger partial charge in [-0.2, -0.15) is 12.6 Å². The van der Waals surface area contributed by atoms with Gasteiger partial charge in [-0.1, -0.05) is 44.4 Å². The zero-order valence-corrected chi connectivity index (χ0v) is 11.4. The van der Waals surface area contributed by atoms with Crippen molar-refractivity contribution in [1.82, 2.24) is 0 Å². The fourth-order valence-corrected chi connectivity index (χ4v) is 1.78. The van der Waals surface area contributed by atoms with Crippen LogP contribution in [0.4, 0.5) is 0 Å². The Kier molecular flexibility index (Phi) is 12.4. The molecule has 0 fully saturated rings. The van der Waals surface area contributed by atoms with E-state index in [1.807, 2.05) is 0 Å². The number of hydrogen-bond donors (Lipinski definition) is 2. The van der Waals surface area contributed by atoms with E-state index in [0.717, 1.165) is 24.3 Å². The summed E-state index contributed by atoms with van der Waals surface area (Å²) in [5.74, 6) is 0.961. The first-order chi connectivity index (χ1) is 7.77. The molecule has 0 rings (SSSR count). The Morgan fingerprint density at radius 1 is 0.938 bits per heavy atom. The van der Waals surface area contributed by atoms with Crippen molar-refractivity contribution in [2.45, 2.75) is 57.8 Å². The van der Waals surface area contributed by atoms with Crippen molar-refractivity contribution in [3.8, 4) is 0 Å². The molecule has 0 heterocycles. The van der Waals surface area contributed by atoms with Crippen LogP contribution in [0.1, 0.15) is 57.8 Å². The highest BCUT2D eigenvalue weighted by molar-refractivity contribution is 7.80. The minimum Gasteiger partial charge on any atom is -0.403 e. The Balaban J connectivity index is 3.01. The van der Waals surface area contributed by atoms with Gasteiger partial charge < -0.3 is 5.73 Å². The number of nitrogens with two attached hydrogens (primary N) is 1. The zero-order chi connectivity index (χ0) is 12.1. The maximum atomic E-state index is 5.51. The van der Waals surface area contributed by atoms with E-state index in [1.54, 1.807) is 0 Å². The molecule has 0 bridgehead atoms. The highest BCUT2D eigenvalue weighted by Gasteiger charge is 1.91. The third kappa shape index (κ3) is 13.6. The van der Waals surface area contributed by atoms with Gasteiger partial charge in [0.15, 0.2) is 0 Å². The van der Waals surface area contributed by atoms with Crippen LogP contribution in [-0.2, 0) is 0 Å². The minimum absolute atomic E-state index is 0.828. The van der Waals surface area contributed by atoms with Crippen LogP contribution in [0.25, 0.3) is 0 Å². The van der Waals surface area contributed by atoms with Crippen molar-refractivity contribution >= 4 is 12.6 Å². The number of allylic oxidation sites excluding steroid dienone is 3. The molecule has 0 saturated heterocycles. The Hall–Kier alpha value is -0.370. The van der Waals surface area contributed by atoms with Crippen LogP contribution in [0.3, 0.4) is 0 Å². The van der Waals surface area contributed by atoms with Gasteiger partial charge in [0.25, 0.3) is 0 Å². The second-order valence-corrected chi connectivity index (χ2v) is 4.75. The molecule has 0 spiro atoms. The normalized spacial score (nSPS) is 11.1. The molecule has 0 aliphatic rings. The first kappa shape index (κ1) is 15.6. The molecule has 0 aliphatic carbocycles. The average molecular weight is 241 g/mol. The summed E-state index contributed by atoms with van der Waals surface area (Å²) in [6, 6.07) is 0. The van der Waals surface area contributed by atoms with Crippen molar-refractivity contribution in [2.24, 2.45) is 5.73 Å². The number of rotatable bonds is 11. The lowest BCUT2D eigenvalue weighted by Gasteiger charge is -2.00. The van der Waals surface area contributed by atoms with Gasteiger partial charge >= 0.3 is 0 Å². The monoisotopic (exact) mass is 241 g/mol. The molecule has 0 amide bonds. The average Bonchev–Trinajstić information content (AvgIpc) is 2.25. The molecule has 2 heteroatoms. The largest absolute Gasteiger partial charge is 0.403 e. The summed E-state index contributed by atoms with van der Waals surface area (Å²) in [6.45, 7) is 3.70. The van der Waals surface area contributed by atoms with E-state index in [9.17, 15) is 0 Å². The maximum absolute atomic E-state index is 5.51. The van der Waals surface area contributed by atoms with Gasteiger partial charge in [-0.05, 0) is 37.9 Å². The molecular weight excluding hydrogens is 214 g/mol. The SMILES string of the molecule is C=C(N)CCCCCCCC/C=C/CCS. The zero-order valence-electron chi connectivity index (χ0n) is 10.5. The van der Waals surface area contributed by atoms with Crippen molar-refractivity contribution in [2.75, 3.05) is 5.75 Å². The molecule has 16 heavy (non-hydrogen) atoms. The summed E-state index contributed by atoms with van der Waals surface area (Å²) in [6.07, 6.45) is 15.7. The van der Waals surface area contributed by atoms with E-state index in [2.05, 4.69) is 31.4 Å². The van der Waals surface area contributed by atoms with E-state index in [4.69, 9.17) is 5.73 Å². The molecule has 0 aliphatic heterocycles. The molecule has 0 aromatic rings. The molecule has 2 N–H and O–H groups in total. The van der Waals surface area contributed by atoms with Gasteiger partial charge in [-0.15, -0.1) is 0 Å². The van der Waals surface area contributed by atoms with E-state index in [0.29, 0.717) is 0 Å². The van der Waals surface area contributed by atoms with E-state index >= 15 is 0 Å². The van der Waals surface area contributed by atoms with Gasteiger partial charge in [-0.25, -0.2) is 0 Å². The molecular formula is C14H27NS. The Labute approximate surface area is 107 Å². The maximum Gasteiger partial charge on any atom is 0.000744 e. The summed E-state index contributed by atoms with van der Waals surface area (Å²) in [5.41, 5.74) is 6.33. The molecule has 0 aromatic carbocycles. The lowest BCUT2D eigenvalue weighted by molar-refractivity contribution is 0.595. The van der Waals surface area contributed by atoms with E-state index in [1.165, 1.54) is 44.9 Å². The van der Waals surface area contributed by atoms with Crippen molar-refractivity contribution in [3.63, 3.8) is 0 Å². The second kappa shape index (κ2) is 12.7. The van der Waals surface area contributed by atoms with Crippen LogP contribution in [0.5, 0.6) is 0 Å². The van der Waals surface area contributed by atoms with E-state index < -0.39 is 0 Å². The van der Waals surface area contributed by atoms with Crippen molar-refractivity contribution in [1.29, 1.82) is 0 Å². The molecule has 0 saturated carbocycles. The third-order valence-corrected chi connectivity index (χ3v) is 2.84. The summed E-state index contributed by atoms with van der Waals surface area (Å²) in [7, 11) is 0. The molecule has 0 atom stereocenters. The predicted molar refractivity (Wildman–Crippen MR) is 77.9 cm³/mol. The lowest BCUT2D eigenvalue weighted by atomic mass is 10.1. The molecule has 0 unspecified atom stereocenters. The predicted octanol–water partition coefficient (Wildman–Crippen LogP) is 4.46. The first-order valence-electron chi connectivity index (χ1n) is 6.46. The van der Waals surface area contributed by atoms with Gasteiger partial charge in [-0.3, -0.25) is 0 Å². The summed E-state index contributed by atoms with van der Waals surface area (Å²) < 4.78 is 0. The highest BCUT2D eigenvalue weighted by Crippen LogP contribution is 2.10. The molecule has 94 valence electrons. The standard InChI is InChI=1S/C14H27NS/c1-14(15)12-10-8-6-4-2-3-5-7-9-11-13-16/h7,9,16H,1-6,8,10-13,15H2/b9-7+. The summed E-state index contributed by atoms with van der Waals surface area (Å²) in [4.78, 5) is 0. The third-order valence-electron chi connectivity index (χ3n) is 2.58. The van der Waals surface area contributed by atoms with E-state index in [-0.39, 0.29) is 0 Å². The molecule has 0 aromatic heterocycles. The van der Waals surface area contributed by atoms with Gasteiger partial charge in [0, 0.05) is 5.70 Å². The van der Waals surface area contributed by atoms with Crippen LogP contribution < -0.4 is 5.73 Å². The lowest BCUT2D eigenvalue weighted by Crippen LogP contribution is -1.93. The van der Waals surface area contributed by atoms with Crippen molar-refractivity contribution in [3.05, 3.63) is 24.4 Å². The van der Waals surface area contributed by atoms with Crippen LogP contribution in [0.15, 0.2) is 24.4 Å². The van der Waals surface area contributed by atoms with Gasteiger partial charge in [0.05, 0.1) is 0 Å². The molecule has 0 radical (unpaired) electrons. The van der Waals surface area contributed by atoms with Crippen LogP contribution in [0.2, 0.25) is 0 Å². The summed E-state index contributed by atoms with van der Waals surface area (Å²) >= 11 is 4.16. The number of hydrogen-bond acceptors (Lipinski definition) is 2. The minimum atomic E-state index is 0.828. The highest BCUT2D eigenvalue weighted by atomic mass is 32.1. The Morgan fingerprint density at radius 2 is 1.50 bits per heavy atom. The number of thiol groups is 1. The van der Waals surface area contributed by atoms with Gasteiger partial charge in [0.2, 0.25) is 0 Å². The second-order valence-electron chi connectivity index (χ2n) is 4.30. The van der Waals surface area contributed by atoms with Gasteiger partial charge in [0.1, 0.15) is 0 Å². The quantitative estimate of drug-likeness (QED) is 0.312. The van der Waals surface area contributed by atoms with Crippen LogP contribution in [-0.4, -0.2) is 5.75 Å². The fourth-order valence-electron chi connectivity index (χ4n) is 1.63. The Bertz CT molecular complexity index is 187.